The van der Waals surface area contributed by atoms with Gasteiger partial charge in [-0.2, -0.15) is 0 Å². The molecule has 0 saturated carbocycles. The lowest BCUT2D eigenvalue weighted by Crippen LogP contribution is -2.61. The van der Waals surface area contributed by atoms with Gasteiger partial charge < -0.3 is 9.84 Å². The molecule has 2 heterocycles. The molecule has 2 aliphatic rings. The van der Waals surface area contributed by atoms with E-state index in [1.165, 1.54) is 7.11 Å². The second-order valence-corrected chi connectivity index (χ2v) is 5.06. The van der Waals surface area contributed by atoms with Gasteiger partial charge in [0.1, 0.15) is 5.92 Å². The highest BCUT2D eigenvalue weighted by Gasteiger charge is 2.58. The van der Waals surface area contributed by atoms with E-state index in [2.05, 4.69) is 18.9 Å². The third-order valence-electron chi connectivity index (χ3n) is 4.71. The smallest absolute Gasteiger partial charge is 0.313 e. The van der Waals surface area contributed by atoms with Crippen LogP contribution in [0.3, 0.4) is 0 Å². The Kier molecular flexibility index (Phi) is 2.97. The molecule has 2 saturated heterocycles. The van der Waals surface area contributed by atoms with Gasteiger partial charge in [-0.1, -0.05) is 6.92 Å². The topological polar surface area (TPSA) is 49.8 Å². The van der Waals surface area contributed by atoms with E-state index >= 15 is 0 Å². The van der Waals surface area contributed by atoms with E-state index < -0.39 is 6.10 Å². The van der Waals surface area contributed by atoms with Crippen LogP contribution in [-0.2, 0) is 9.53 Å². The molecule has 0 aromatic heterocycles. The quantitative estimate of drug-likeness (QED) is 0.708. The summed E-state index contributed by atoms with van der Waals surface area (Å²) in [6.07, 6.45) is 3.10. The Morgan fingerprint density at radius 2 is 2.31 bits per heavy atom. The van der Waals surface area contributed by atoms with Crippen LogP contribution in [0.2, 0.25) is 0 Å². The first-order valence-electron chi connectivity index (χ1n) is 6.05. The van der Waals surface area contributed by atoms with E-state index in [1.807, 2.05) is 0 Å². The van der Waals surface area contributed by atoms with Crippen molar-refractivity contribution in [1.29, 1.82) is 0 Å². The van der Waals surface area contributed by atoms with Crippen molar-refractivity contribution in [3.8, 4) is 0 Å². The molecule has 0 aromatic rings. The monoisotopic (exact) mass is 227 g/mol. The van der Waals surface area contributed by atoms with Crippen molar-refractivity contribution in [2.24, 2.45) is 5.92 Å². The van der Waals surface area contributed by atoms with Crippen LogP contribution in [0.25, 0.3) is 0 Å². The zero-order valence-electron chi connectivity index (χ0n) is 10.3. The highest BCUT2D eigenvalue weighted by atomic mass is 16.5. The van der Waals surface area contributed by atoms with Crippen LogP contribution in [0.4, 0.5) is 0 Å². The van der Waals surface area contributed by atoms with E-state index in [0.717, 1.165) is 19.3 Å². The van der Waals surface area contributed by atoms with Crippen molar-refractivity contribution in [1.82, 2.24) is 4.90 Å². The Morgan fingerprint density at radius 1 is 1.62 bits per heavy atom. The fourth-order valence-corrected chi connectivity index (χ4v) is 3.72. The Hall–Kier alpha value is -0.610. The van der Waals surface area contributed by atoms with Crippen LogP contribution >= 0.6 is 0 Å². The van der Waals surface area contributed by atoms with Gasteiger partial charge in [-0.3, -0.25) is 9.69 Å². The van der Waals surface area contributed by atoms with Crippen molar-refractivity contribution < 1.29 is 14.6 Å². The summed E-state index contributed by atoms with van der Waals surface area (Å²) in [5.41, 5.74) is -0.185. The number of carbonyl (C=O) groups excluding carboxylic acids is 1. The van der Waals surface area contributed by atoms with Gasteiger partial charge in [-0.15, -0.1) is 0 Å². The summed E-state index contributed by atoms with van der Waals surface area (Å²) >= 11 is 0. The number of esters is 1. The molecule has 4 nitrogen and oxygen atoms in total. The van der Waals surface area contributed by atoms with Gasteiger partial charge in [0.05, 0.1) is 13.2 Å². The van der Waals surface area contributed by atoms with Crippen LogP contribution < -0.4 is 0 Å². The summed E-state index contributed by atoms with van der Waals surface area (Å²) in [7, 11) is 3.47. The lowest BCUT2D eigenvalue weighted by Gasteiger charge is -2.48. The van der Waals surface area contributed by atoms with Crippen molar-refractivity contribution in [2.45, 2.75) is 50.3 Å². The van der Waals surface area contributed by atoms with Crippen LogP contribution in [0.15, 0.2) is 0 Å². The number of carbonyl (C=O) groups is 1. The van der Waals surface area contributed by atoms with Gasteiger partial charge in [0.25, 0.3) is 0 Å². The summed E-state index contributed by atoms with van der Waals surface area (Å²) in [6, 6.07) is 0.427. The molecule has 0 aromatic carbocycles. The highest BCUT2D eigenvalue weighted by Crippen LogP contribution is 2.48. The van der Waals surface area contributed by atoms with Gasteiger partial charge in [-0.25, -0.2) is 0 Å². The highest BCUT2D eigenvalue weighted by molar-refractivity contribution is 5.75. The number of hydrogen-bond donors (Lipinski definition) is 1. The zero-order chi connectivity index (χ0) is 11.9. The predicted octanol–water partition coefficient (Wildman–Crippen LogP) is 0.783. The number of aliphatic hydroxyl groups excluding tert-OH is 1. The first kappa shape index (κ1) is 11.9. The molecular formula is C12H21NO3. The van der Waals surface area contributed by atoms with E-state index in [9.17, 15) is 9.90 Å². The van der Waals surface area contributed by atoms with E-state index in [-0.39, 0.29) is 17.4 Å². The zero-order valence-corrected chi connectivity index (χ0v) is 10.3. The molecule has 0 aliphatic carbocycles. The maximum atomic E-state index is 11.9. The first-order chi connectivity index (χ1) is 7.56. The minimum atomic E-state index is -0.545. The Bertz CT molecular complexity index is 294. The molecule has 4 atom stereocenters. The lowest BCUT2D eigenvalue weighted by atomic mass is 9.74. The number of hydrogen-bond acceptors (Lipinski definition) is 4. The van der Waals surface area contributed by atoms with Crippen molar-refractivity contribution >= 4 is 5.97 Å². The van der Waals surface area contributed by atoms with Crippen molar-refractivity contribution in [3.05, 3.63) is 0 Å². The molecule has 3 unspecified atom stereocenters. The molecule has 2 aliphatic heterocycles. The number of nitrogens with zero attached hydrogens (tertiary/aromatic N) is 1. The predicted molar refractivity (Wildman–Crippen MR) is 59.9 cm³/mol. The standard InChI is InChI=1S/C12H21NO3/c1-4-12-6-5-8(13(12)2)7-9(14)10(12)11(15)16-3/h8-10,14H,4-7H2,1-3H3/t8?,9-,10?,12?/m0/s1. The maximum Gasteiger partial charge on any atom is 0.313 e. The summed E-state index contributed by atoms with van der Waals surface area (Å²) in [5.74, 6) is -0.646. The number of rotatable bonds is 2. The molecule has 16 heavy (non-hydrogen) atoms. The second kappa shape index (κ2) is 4.00. The minimum Gasteiger partial charge on any atom is -0.469 e. The normalized spacial score (nSPS) is 43.4. The Morgan fingerprint density at radius 3 is 2.88 bits per heavy atom. The fraction of sp³-hybridized carbons (Fsp3) is 0.917. The average Bonchev–Trinajstić information content (AvgIpc) is 2.49. The molecule has 0 spiro atoms. The molecule has 4 heteroatoms. The minimum absolute atomic E-state index is 0.185. The third kappa shape index (κ3) is 1.39. The van der Waals surface area contributed by atoms with Crippen molar-refractivity contribution in [3.63, 3.8) is 0 Å². The third-order valence-corrected chi connectivity index (χ3v) is 4.71. The molecular weight excluding hydrogens is 206 g/mol. The van der Waals surface area contributed by atoms with Gasteiger partial charge in [0, 0.05) is 11.6 Å². The van der Waals surface area contributed by atoms with Crippen LogP contribution in [0.5, 0.6) is 0 Å². The van der Waals surface area contributed by atoms with E-state index in [1.54, 1.807) is 0 Å². The summed E-state index contributed by atoms with van der Waals surface area (Å²) in [6.45, 7) is 2.09. The van der Waals surface area contributed by atoms with Crippen LogP contribution in [0, 0.1) is 5.92 Å². The summed E-state index contributed by atoms with van der Waals surface area (Å²) in [5, 5.41) is 10.1. The van der Waals surface area contributed by atoms with Crippen molar-refractivity contribution in [2.75, 3.05) is 14.2 Å². The SMILES string of the molecule is CCC12CCC(C[C@H](O)C1C(=O)OC)N2C. The second-order valence-electron chi connectivity index (χ2n) is 5.06. The lowest BCUT2D eigenvalue weighted by molar-refractivity contribution is -0.163. The Labute approximate surface area is 96.6 Å². The van der Waals surface area contributed by atoms with Gasteiger partial charge in [0.2, 0.25) is 0 Å². The molecule has 2 fully saturated rings. The maximum absolute atomic E-state index is 11.9. The Balaban J connectivity index is 2.36. The molecule has 2 rings (SSSR count). The first-order valence-corrected chi connectivity index (χ1v) is 6.05. The largest absolute Gasteiger partial charge is 0.469 e. The number of aliphatic hydroxyl groups is 1. The molecule has 0 amide bonds. The van der Waals surface area contributed by atoms with Gasteiger partial charge >= 0.3 is 5.97 Å². The number of ether oxygens (including phenoxy) is 1. The molecule has 0 radical (unpaired) electrons. The number of piperidine rings is 1. The molecule has 92 valence electrons. The van der Waals surface area contributed by atoms with Crippen LogP contribution in [0.1, 0.15) is 32.6 Å². The van der Waals surface area contributed by atoms with Crippen LogP contribution in [-0.4, -0.2) is 47.8 Å². The van der Waals surface area contributed by atoms with Gasteiger partial charge in [0.15, 0.2) is 0 Å². The average molecular weight is 227 g/mol. The van der Waals surface area contributed by atoms with E-state index in [4.69, 9.17) is 4.74 Å². The van der Waals surface area contributed by atoms with E-state index in [0.29, 0.717) is 12.5 Å². The van der Waals surface area contributed by atoms with Gasteiger partial charge in [-0.05, 0) is 32.7 Å². The number of methoxy groups -OCH3 is 1. The molecule has 1 N–H and O–H groups in total. The molecule has 2 bridgehead atoms. The summed E-state index contributed by atoms with van der Waals surface area (Å²) in [4.78, 5) is 14.2. The number of fused-ring (bicyclic) bond motifs is 2. The fourth-order valence-electron chi connectivity index (χ4n) is 3.72. The summed E-state index contributed by atoms with van der Waals surface area (Å²) < 4.78 is 4.86.